The van der Waals surface area contributed by atoms with Gasteiger partial charge in [0.1, 0.15) is 11.6 Å². The minimum Gasteiger partial charge on any atom is -0.496 e. The van der Waals surface area contributed by atoms with Gasteiger partial charge in [-0.2, -0.15) is 0 Å². The van der Waals surface area contributed by atoms with Gasteiger partial charge in [-0.3, -0.25) is 0 Å². The Labute approximate surface area is 122 Å². The molecular weight excluding hydrogens is 273 g/mol. The highest BCUT2D eigenvalue weighted by Gasteiger charge is 2.06. The first-order valence-corrected chi connectivity index (χ1v) is 6.38. The lowest BCUT2D eigenvalue weighted by Crippen LogP contribution is -2.04. The molecule has 2 aromatic rings. The summed E-state index contributed by atoms with van der Waals surface area (Å²) in [6.07, 6.45) is 0. The molecule has 2 aromatic carbocycles. The zero-order valence-electron chi connectivity index (χ0n) is 11.9. The standard InChI is InChI=1S/C16H16FNO3/c1-20-15-8-5-13(17)9-12(15)10-18-14-6-3-11(4-7-14)16(19)21-2/h3-9,18H,10H2,1-2H3. The Morgan fingerprint density at radius 3 is 2.48 bits per heavy atom. The summed E-state index contributed by atoms with van der Waals surface area (Å²) in [5, 5.41) is 3.15. The van der Waals surface area contributed by atoms with Gasteiger partial charge in [-0.25, -0.2) is 9.18 Å². The number of anilines is 1. The van der Waals surface area contributed by atoms with E-state index in [-0.39, 0.29) is 11.8 Å². The van der Waals surface area contributed by atoms with Gasteiger partial charge in [0.2, 0.25) is 0 Å². The molecule has 0 heterocycles. The molecule has 0 saturated heterocycles. The minimum absolute atomic E-state index is 0.311. The number of methoxy groups -OCH3 is 2. The van der Waals surface area contributed by atoms with E-state index in [4.69, 9.17) is 4.74 Å². The summed E-state index contributed by atoms with van der Waals surface area (Å²) in [5.41, 5.74) is 2.01. The lowest BCUT2D eigenvalue weighted by Gasteiger charge is -2.11. The van der Waals surface area contributed by atoms with E-state index in [1.165, 1.54) is 19.2 Å². The van der Waals surface area contributed by atoms with Gasteiger partial charge in [0.25, 0.3) is 0 Å². The van der Waals surface area contributed by atoms with Gasteiger partial charge >= 0.3 is 5.97 Å². The number of rotatable bonds is 5. The van der Waals surface area contributed by atoms with Crippen molar-refractivity contribution in [3.8, 4) is 5.75 Å². The van der Waals surface area contributed by atoms with Crippen molar-refractivity contribution in [2.75, 3.05) is 19.5 Å². The summed E-state index contributed by atoms with van der Waals surface area (Å²) in [6.45, 7) is 0.415. The molecule has 0 aliphatic rings. The highest BCUT2D eigenvalue weighted by atomic mass is 19.1. The summed E-state index contributed by atoms with van der Waals surface area (Å²) < 4.78 is 23.1. The van der Waals surface area contributed by atoms with E-state index in [0.29, 0.717) is 17.9 Å². The third-order valence-electron chi connectivity index (χ3n) is 3.03. The topological polar surface area (TPSA) is 47.6 Å². The highest BCUT2D eigenvalue weighted by molar-refractivity contribution is 5.89. The van der Waals surface area contributed by atoms with Crippen molar-refractivity contribution < 1.29 is 18.7 Å². The van der Waals surface area contributed by atoms with Crippen LogP contribution < -0.4 is 10.1 Å². The predicted molar refractivity (Wildman–Crippen MR) is 78.1 cm³/mol. The molecule has 21 heavy (non-hydrogen) atoms. The normalized spacial score (nSPS) is 10.0. The van der Waals surface area contributed by atoms with Crippen molar-refractivity contribution in [2.45, 2.75) is 6.54 Å². The van der Waals surface area contributed by atoms with Crippen LogP contribution in [0.25, 0.3) is 0 Å². The molecule has 0 fully saturated rings. The molecule has 0 aromatic heterocycles. The molecule has 0 aliphatic carbocycles. The van der Waals surface area contributed by atoms with Crippen molar-refractivity contribution in [3.05, 3.63) is 59.4 Å². The second-order valence-electron chi connectivity index (χ2n) is 4.38. The molecular formula is C16H16FNO3. The van der Waals surface area contributed by atoms with E-state index in [1.807, 2.05) is 0 Å². The molecule has 1 N–H and O–H groups in total. The molecule has 0 saturated carbocycles. The van der Waals surface area contributed by atoms with Crippen molar-refractivity contribution in [3.63, 3.8) is 0 Å². The monoisotopic (exact) mass is 289 g/mol. The molecule has 110 valence electrons. The first-order valence-electron chi connectivity index (χ1n) is 6.38. The Kier molecular flexibility index (Phi) is 4.77. The van der Waals surface area contributed by atoms with E-state index in [1.54, 1.807) is 37.4 Å². The first-order chi connectivity index (χ1) is 10.1. The van der Waals surface area contributed by atoms with Crippen molar-refractivity contribution in [2.24, 2.45) is 0 Å². The Hall–Kier alpha value is -2.56. The smallest absolute Gasteiger partial charge is 0.337 e. The van der Waals surface area contributed by atoms with Crippen molar-refractivity contribution in [1.29, 1.82) is 0 Å². The molecule has 4 nitrogen and oxygen atoms in total. The van der Waals surface area contributed by atoms with Crippen LogP contribution in [0.15, 0.2) is 42.5 Å². The van der Waals surface area contributed by atoms with E-state index in [2.05, 4.69) is 10.1 Å². The lowest BCUT2D eigenvalue weighted by atomic mass is 10.1. The number of benzene rings is 2. The number of nitrogens with one attached hydrogen (secondary N) is 1. The predicted octanol–water partition coefficient (Wildman–Crippen LogP) is 3.23. The van der Waals surface area contributed by atoms with Gasteiger partial charge in [-0.1, -0.05) is 0 Å². The number of halogens is 1. The van der Waals surface area contributed by atoms with E-state index in [0.717, 1.165) is 11.3 Å². The molecule has 0 aliphatic heterocycles. The Balaban J connectivity index is 2.06. The summed E-state index contributed by atoms with van der Waals surface area (Å²) in [7, 11) is 2.88. The van der Waals surface area contributed by atoms with Gasteiger partial charge in [-0.05, 0) is 42.5 Å². The number of carbonyl (C=O) groups excluding carboxylic acids is 1. The SMILES string of the molecule is COC(=O)c1ccc(NCc2cc(F)ccc2OC)cc1. The second kappa shape index (κ2) is 6.74. The molecule has 0 bridgehead atoms. The van der Waals surface area contributed by atoms with Crippen LogP contribution in [0.3, 0.4) is 0 Å². The zero-order chi connectivity index (χ0) is 15.2. The van der Waals surface area contributed by atoms with Gasteiger partial charge in [-0.15, -0.1) is 0 Å². The molecule has 0 atom stereocenters. The fourth-order valence-corrected chi connectivity index (χ4v) is 1.92. The summed E-state index contributed by atoms with van der Waals surface area (Å²) in [6, 6.07) is 11.2. The second-order valence-corrected chi connectivity index (χ2v) is 4.38. The van der Waals surface area contributed by atoms with Crippen LogP contribution in [0.5, 0.6) is 5.75 Å². The zero-order valence-corrected chi connectivity index (χ0v) is 11.9. The van der Waals surface area contributed by atoms with Gasteiger partial charge in [0.05, 0.1) is 19.8 Å². The molecule has 0 unspecified atom stereocenters. The number of hydrogen-bond acceptors (Lipinski definition) is 4. The summed E-state index contributed by atoms with van der Waals surface area (Å²) >= 11 is 0. The van der Waals surface area contributed by atoms with Crippen LogP contribution in [0, 0.1) is 5.82 Å². The van der Waals surface area contributed by atoms with E-state index < -0.39 is 0 Å². The number of ether oxygens (including phenoxy) is 2. The third kappa shape index (κ3) is 3.72. The third-order valence-corrected chi connectivity index (χ3v) is 3.03. The first kappa shape index (κ1) is 14.8. The average Bonchev–Trinajstić information content (AvgIpc) is 2.52. The Morgan fingerprint density at radius 2 is 1.86 bits per heavy atom. The average molecular weight is 289 g/mol. The maximum absolute atomic E-state index is 13.3. The molecule has 0 amide bonds. The van der Waals surface area contributed by atoms with Crippen LogP contribution in [-0.4, -0.2) is 20.2 Å². The van der Waals surface area contributed by atoms with E-state index >= 15 is 0 Å². The number of hydrogen-bond donors (Lipinski definition) is 1. The molecule has 5 heteroatoms. The molecule has 0 spiro atoms. The fraction of sp³-hybridized carbons (Fsp3) is 0.188. The van der Waals surface area contributed by atoms with Crippen LogP contribution in [0.4, 0.5) is 10.1 Å². The van der Waals surface area contributed by atoms with Crippen LogP contribution in [-0.2, 0) is 11.3 Å². The van der Waals surface area contributed by atoms with Crippen LogP contribution in [0.1, 0.15) is 15.9 Å². The number of carbonyl (C=O) groups is 1. The van der Waals surface area contributed by atoms with Crippen molar-refractivity contribution >= 4 is 11.7 Å². The van der Waals surface area contributed by atoms with Gasteiger partial charge < -0.3 is 14.8 Å². The van der Waals surface area contributed by atoms with Gasteiger partial charge in [0.15, 0.2) is 0 Å². The largest absolute Gasteiger partial charge is 0.496 e. The Bertz CT molecular complexity index is 626. The van der Waals surface area contributed by atoms with Crippen LogP contribution in [0.2, 0.25) is 0 Å². The highest BCUT2D eigenvalue weighted by Crippen LogP contribution is 2.21. The lowest BCUT2D eigenvalue weighted by molar-refractivity contribution is 0.0601. The molecule has 2 rings (SSSR count). The minimum atomic E-state index is -0.381. The maximum atomic E-state index is 13.3. The van der Waals surface area contributed by atoms with Crippen molar-refractivity contribution in [1.82, 2.24) is 0 Å². The summed E-state index contributed by atoms with van der Waals surface area (Å²) in [4.78, 5) is 11.3. The maximum Gasteiger partial charge on any atom is 0.337 e. The van der Waals surface area contributed by atoms with E-state index in [9.17, 15) is 9.18 Å². The van der Waals surface area contributed by atoms with Crippen LogP contribution >= 0.6 is 0 Å². The number of esters is 1. The quantitative estimate of drug-likeness (QED) is 0.858. The Morgan fingerprint density at radius 1 is 1.14 bits per heavy atom. The summed E-state index contributed by atoms with van der Waals surface area (Å²) in [5.74, 6) is -0.0722. The van der Waals surface area contributed by atoms with Gasteiger partial charge in [0, 0.05) is 17.8 Å². The molecule has 0 radical (unpaired) electrons. The fourth-order valence-electron chi connectivity index (χ4n) is 1.92.